The van der Waals surface area contributed by atoms with Crippen LogP contribution in [0.5, 0.6) is 0 Å². The molecule has 9 aromatic rings. The van der Waals surface area contributed by atoms with Gasteiger partial charge in [-0.1, -0.05) is 140 Å². The first kappa shape index (κ1) is 27.9. The molecule has 1 aromatic heterocycles. The normalized spacial score (nSPS) is 11.3. The van der Waals surface area contributed by atoms with E-state index in [0.29, 0.717) is 0 Å². The highest BCUT2D eigenvalue weighted by molar-refractivity contribution is 6.19. The molecule has 0 radical (unpaired) electrons. The van der Waals surface area contributed by atoms with Crippen molar-refractivity contribution >= 4 is 49.6 Å². The summed E-state index contributed by atoms with van der Waals surface area (Å²) in [5, 5.41) is 4.93. The number of para-hydroxylation sites is 2. The lowest BCUT2D eigenvalue weighted by molar-refractivity contribution is 1.19. The molecular formula is C46H32N2. The molecule has 2 heteroatoms. The van der Waals surface area contributed by atoms with Crippen LogP contribution in [-0.4, -0.2) is 4.57 Å². The van der Waals surface area contributed by atoms with E-state index < -0.39 is 0 Å². The molecule has 0 fully saturated rings. The number of hydrogen-bond donors (Lipinski definition) is 0. The fourth-order valence-corrected chi connectivity index (χ4v) is 7.07. The number of rotatable bonds is 6. The zero-order valence-corrected chi connectivity index (χ0v) is 26.4. The highest BCUT2D eigenvalue weighted by Gasteiger charge is 2.18. The maximum atomic E-state index is 2.44. The molecule has 0 amide bonds. The van der Waals surface area contributed by atoms with Crippen molar-refractivity contribution in [1.29, 1.82) is 0 Å². The van der Waals surface area contributed by atoms with Gasteiger partial charge in [0.25, 0.3) is 0 Å². The smallest absolute Gasteiger partial charge is 0.0620 e. The van der Waals surface area contributed by atoms with Crippen LogP contribution in [0.1, 0.15) is 0 Å². The summed E-state index contributed by atoms with van der Waals surface area (Å²) in [5.41, 5.74) is 11.8. The van der Waals surface area contributed by atoms with Crippen molar-refractivity contribution in [1.82, 2.24) is 4.57 Å². The third-order valence-electron chi connectivity index (χ3n) is 9.37. The van der Waals surface area contributed by atoms with E-state index >= 15 is 0 Å². The van der Waals surface area contributed by atoms with Crippen LogP contribution in [0.3, 0.4) is 0 Å². The van der Waals surface area contributed by atoms with E-state index in [1.807, 2.05) is 0 Å². The Bertz CT molecular complexity index is 2510. The van der Waals surface area contributed by atoms with Gasteiger partial charge in [0.15, 0.2) is 0 Å². The lowest BCUT2D eigenvalue weighted by Crippen LogP contribution is -2.09. The molecular weight excluding hydrogens is 581 g/mol. The average molecular weight is 613 g/mol. The van der Waals surface area contributed by atoms with Crippen molar-refractivity contribution in [2.24, 2.45) is 0 Å². The zero-order valence-electron chi connectivity index (χ0n) is 26.4. The Labute approximate surface area is 280 Å². The maximum absolute atomic E-state index is 2.44. The van der Waals surface area contributed by atoms with Crippen LogP contribution in [0.2, 0.25) is 0 Å². The monoisotopic (exact) mass is 612 g/mol. The Morgan fingerprint density at radius 2 is 0.833 bits per heavy atom. The van der Waals surface area contributed by atoms with Gasteiger partial charge in [0, 0.05) is 38.9 Å². The van der Waals surface area contributed by atoms with Crippen LogP contribution in [0.15, 0.2) is 194 Å². The van der Waals surface area contributed by atoms with Gasteiger partial charge >= 0.3 is 0 Å². The number of hydrogen-bond acceptors (Lipinski definition) is 1. The second kappa shape index (κ2) is 11.8. The molecule has 0 saturated heterocycles. The van der Waals surface area contributed by atoms with Gasteiger partial charge in [-0.15, -0.1) is 0 Å². The van der Waals surface area contributed by atoms with E-state index in [-0.39, 0.29) is 0 Å². The summed E-state index contributed by atoms with van der Waals surface area (Å²) >= 11 is 0. The fourth-order valence-electron chi connectivity index (χ4n) is 7.07. The molecule has 0 spiro atoms. The molecule has 0 unspecified atom stereocenters. The molecule has 8 aromatic carbocycles. The van der Waals surface area contributed by atoms with Crippen LogP contribution < -0.4 is 4.90 Å². The number of benzene rings is 8. The van der Waals surface area contributed by atoms with Crippen molar-refractivity contribution in [3.8, 4) is 27.9 Å². The maximum Gasteiger partial charge on any atom is 0.0620 e. The SMILES string of the molecule is c1ccc(-c2ccc(N(c3ccccc3)c3ccc4ccc5c6ccccc6n(-c6ccc(-c7ccccc7)cc6)c5c4c3)cc2)cc1. The zero-order chi connectivity index (χ0) is 31.9. The van der Waals surface area contributed by atoms with Crippen LogP contribution in [0, 0.1) is 0 Å². The molecule has 0 bridgehead atoms. The van der Waals surface area contributed by atoms with Gasteiger partial charge < -0.3 is 9.47 Å². The number of anilines is 3. The summed E-state index contributed by atoms with van der Waals surface area (Å²) < 4.78 is 2.44. The van der Waals surface area contributed by atoms with Gasteiger partial charge in [0.05, 0.1) is 11.0 Å². The van der Waals surface area contributed by atoms with E-state index in [2.05, 4.69) is 204 Å². The highest BCUT2D eigenvalue weighted by Crippen LogP contribution is 2.41. The first-order chi connectivity index (χ1) is 23.8. The van der Waals surface area contributed by atoms with Crippen LogP contribution in [-0.2, 0) is 0 Å². The molecule has 0 aliphatic carbocycles. The minimum atomic E-state index is 1.12. The van der Waals surface area contributed by atoms with Gasteiger partial charge in [-0.25, -0.2) is 0 Å². The topological polar surface area (TPSA) is 8.17 Å². The molecule has 48 heavy (non-hydrogen) atoms. The van der Waals surface area contributed by atoms with Crippen molar-refractivity contribution in [3.63, 3.8) is 0 Å². The van der Waals surface area contributed by atoms with Crippen LogP contribution in [0.4, 0.5) is 17.1 Å². The number of nitrogens with zero attached hydrogens (tertiary/aromatic N) is 2. The van der Waals surface area contributed by atoms with Gasteiger partial charge in [-0.3, -0.25) is 0 Å². The standard InChI is InChI=1S/C46H32N2/c1-4-12-33(13-5-1)35-20-26-39(27-21-35)47(38-16-8-3-9-17-38)41-30-24-37-25-31-43-42-18-10-11-19-45(42)48(46(43)44(37)32-41)40-28-22-36(23-29-40)34-14-6-2-7-15-34/h1-32H. The predicted octanol–water partition coefficient (Wildman–Crippen LogP) is 12.7. The molecule has 9 rings (SSSR count). The van der Waals surface area contributed by atoms with Gasteiger partial charge in [0.2, 0.25) is 0 Å². The summed E-state index contributed by atoms with van der Waals surface area (Å²) in [5.74, 6) is 0. The van der Waals surface area contributed by atoms with Crippen LogP contribution in [0.25, 0.3) is 60.5 Å². The largest absolute Gasteiger partial charge is 0.310 e. The Morgan fingerprint density at radius 1 is 0.333 bits per heavy atom. The third-order valence-corrected chi connectivity index (χ3v) is 9.37. The average Bonchev–Trinajstić information content (AvgIpc) is 3.51. The van der Waals surface area contributed by atoms with E-state index in [9.17, 15) is 0 Å². The molecule has 0 atom stereocenters. The lowest BCUT2D eigenvalue weighted by atomic mass is 10.0. The summed E-state index contributed by atoms with van der Waals surface area (Å²) in [6.07, 6.45) is 0. The second-order valence-electron chi connectivity index (χ2n) is 12.2. The van der Waals surface area contributed by atoms with E-state index in [1.165, 1.54) is 54.8 Å². The number of fused-ring (bicyclic) bond motifs is 5. The Kier molecular flexibility index (Phi) is 6.84. The minimum Gasteiger partial charge on any atom is -0.310 e. The molecule has 0 N–H and O–H groups in total. The Hall–Kier alpha value is -6.38. The summed E-state index contributed by atoms with van der Waals surface area (Å²) in [6.45, 7) is 0. The van der Waals surface area contributed by atoms with Gasteiger partial charge in [-0.2, -0.15) is 0 Å². The molecule has 226 valence electrons. The molecule has 2 nitrogen and oxygen atoms in total. The van der Waals surface area contributed by atoms with Gasteiger partial charge in [-0.05, 0) is 82.2 Å². The quantitative estimate of drug-likeness (QED) is 0.181. The second-order valence-corrected chi connectivity index (χ2v) is 12.2. The van der Waals surface area contributed by atoms with E-state index in [0.717, 1.165) is 22.7 Å². The van der Waals surface area contributed by atoms with Crippen molar-refractivity contribution in [2.75, 3.05) is 4.90 Å². The summed E-state index contributed by atoms with van der Waals surface area (Å²) in [7, 11) is 0. The van der Waals surface area contributed by atoms with E-state index in [1.54, 1.807) is 0 Å². The number of aromatic nitrogens is 1. The predicted molar refractivity (Wildman–Crippen MR) is 204 cm³/mol. The molecule has 0 aliphatic rings. The van der Waals surface area contributed by atoms with Crippen molar-refractivity contribution in [3.05, 3.63) is 194 Å². The first-order valence-corrected chi connectivity index (χ1v) is 16.4. The van der Waals surface area contributed by atoms with Crippen LogP contribution >= 0.6 is 0 Å². The molecule has 0 saturated carbocycles. The van der Waals surface area contributed by atoms with Crippen molar-refractivity contribution in [2.45, 2.75) is 0 Å². The van der Waals surface area contributed by atoms with Gasteiger partial charge in [0.1, 0.15) is 0 Å². The lowest BCUT2D eigenvalue weighted by Gasteiger charge is -2.26. The third kappa shape index (κ3) is 4.83. The minimum absolute atomic E-state index is 1.12. The highest BCUT2D eigenvalue weighted by atomic mass is 15.1. The summed E-state index contributed by atoms with van der Waals surface area (Å²) in [6, 6.07) is 69.8. The molecule has 0 aliphatic heterocycles. The Balaban J connectivity index is 1.24. The van der Waals surface area contributed by atoms with E-state index in [4.69, 9.17) is 0 Å². The first-order valence-electron chi connectivity index (χ1n) is 16.4. The fraction of sp³-hybridized carbons (Fsp3) is 0. The van der Waals surface area contributed by atoms with Crippen molar-refractivity contribution < 1.29 is 0 Å². The summed E-state index contributed by atoms with van der Waals surface area (Å²) in [4.78, 5) is 2.36. The Morgan fingerprint density at radius 3 is 1.50 bits per heavy atom. The molecule has 1 heterocycles.